The SMILES string of the molecule is Cl.OC1CNCC1CNCc1cnc(-c2ccccc2)s1. The molecule has 3 rings (SSSR count). The first kappa shape index (κ1) is 16.4. The molecule has 0 spiro atoms. The normalized spacial score (nSPS) is 21.2. The van der Waals surface area contributed by atoms with Crippen LogP contribution in [0.4, 0.5) is 0 Å². The van der Waals surface area contributed by atoms with E-state index in [4.69, 9.17) is 0 Å². The molecule has 2 atom stereocenters. The molecule has 0 bridgehead atoms. The molecule has 2 aromatic rings. The molecule has 2 unspecified atom stereocenters. The van der Waals surface area contributed by atoms with Crippen molar-refractivity contribution in [3.8, 4) is 10.6 Å². The van der Waals surface area contributed by atoms with Crippen molar-refractivity contribution in [1.82, 2.24) is 15.6 Å². The average Bonchev–Trinajstić information content (AvgIpc) is 3.10. The van der Waals surface area contributed by atoms with E-state index in [1.807, 2.05) is 24.4 Å². The quantitative estimate of drug-likeness (QED) is 0.786. The number of rotatable bonds is 5. The summed E-state index contributed by atoms with van der Waals surface area (Å²) in [6.45, 7) is 3.26. The lowest BCUT2D eigenvalue weighted by atomic mass is 10.1. The molecule has 3 N–H and O–H groups in total. The molecule has 1 aromatic heterocycles. The van der Waals surface area contributed by atoms with Gasteiger partial charge in [0.05, 0.1) is 6.10 Å². The highest BCUT2D eigenvalue weighted by Crippen LogP contribution is 2.24. The molecule has 1 aliphatic heterocycles. The lowest BCUT2D eigenvalue weighted by Gasteiger charge is -2.13. The lowest BCUT2D eigenvalue weighted by Crippen LogP contribution is -2.29. The van der Waals surface area contributed by atoms with Crippen molar-refractivity contribution in [3.63, 3.8) is 0 Å². The van der Waals surface area contributed by atoms with E-state index in [0.29, 0.717) is 12.5 Å². The Morgan fingerprint density at radius 2 is 2.10 bits per heavy atom. The second-order valence-corrected chi connectivity index (χ2v) is 6.23. The van der Waals surface area contributed by atoms with Crippen LogP contribution < -0.4 is 10.6 Å². The summed E-state index contributed by atoms with van der Waals surface area (Å²) in [5, 5.41) is 17.4. The van der Waals surface area contributed by atoms with Crippen molar-refractivity contribution in [2.45, 2.75) is 12.6 Å². The van der Waals surface area contributed by atoms with E-state index in [9.17, 15) is 5.11 Å². The summed E-state index contributed by atoms with van der Waals surface area (Å²) in [6, 6.07) is 10.2. The zero-order valence-corrected chi connectivity index (χ0v) is 13.3. The van der Waals surface area contributed by atoms with Gasteiger partial charge in [-0.1, -0.05) is 30.3 Å². The van der Waals surface area contributed by atoms with Crippen molar-refractivity contribution in [2.24, 2.45) is 5.92 Å². The Hall–Kier alpha value is -0.980. The van der Waals surface area contributed by atoms with E-state index >= 15 is 0 Å². The maximum absolute atomic E-state index is 9.73. The number of β-amino-alcohol motifs (C(OH)–C–C–N with tert-alkyl or cyclic N) is 1. The third-order valence-corrected chi connectivity index (χ3v) is 4.63. The molecule has 1 aromatic carbocycles. The summed E-state index contributed by atoms with van der Waals surface area (Å²) < 4.78 is 0. The Labute approximate surface area is 135 Å². The Bertz CT molecular complexity index is 549. The Morgan fingerprint density at radius 3 is 2.81 bits per heavy atom. The number of aliphatic hydroxyl groups is 1. The monoisotopic (exact) mass is 325 g/mol. The van der Waals surface area contributed by atoms with Crippen LogP contribution in [0.1, 0.15) is 4.88 Å². The topological polar surface area (TPSA) is 57.2 Å². The predicted molar refractivity (Wildman–Crippen MR) is 88.9 cm³/mol. The first-order valence-electron chi connectivity index (χ1n) is 6.92. The van der Waals surface area contributed by atoms with E-state index in [0.717, 1.165) is 24.6 Å². The van der Waals surface area contributed by atoms with Gasteiger partial charge >= 0.3 is 0 Å². The van der Waals surface area contributed by atoms with Gasteiger partial charge in [0.25, 0.3) is 0 Å². The van der Waals surface area contributed by atoms with E-state index in [-0.39, 0.29) is 18.5 Å². The highest BCUT2D eigenvalue weighted by molar-refractivity contribution is 7.15. The van der Waals surface area contributed by atoms with E-state index < -0.39 is 0 Å². The van der Waals surface area contributed by atoms with Crippen LogP contribution in [0.25, 0.3) is 10.6 Å². The van der Waals surface area contributed by atoms with Gasteiger partial charge in [0.15, 0.2) is 0 Å². The zero-order valence-electron chi connectivity index (χ0n) is 11.7. The fourth-order valence-electron chi connectivity index (χ4n) is 2.41. The van der Waals surface area contributed by atoms with E-state index in [2.05, 4.69) is 27.8 Å². The number of halogens is 1. The summed E-state index contributed by atoms with van der Waals surface area (Å²) in [4.78, 5) is 5.69. The summed E-state index contributed by atoms with van der Waals surface area (Å²) in [6.07, 6.45) is 1.72. The molecule has 2 heterocycles. The van der Waals surface area contributed by atoms with E-state index in [1.165, 1.54) is 10.4 Å². The summed E-state index contributed by atoms with van der Waals surface area (Å²) in [5.74, 6) is 0.316. The Kier molecular flexibility index (Phi) is 6.14. The van der Waals surface area contributed by atoms with Gasteiger partial charge in [-0.15, -0.1) is 23.7 Å². The van der Waals surface area contributed by atoms with Gasteiger partial charge < -0.3 is 15.7 Å². The number of hydrogen-bond acceptors (Lipinski definition) is 5. The van der Waals surface area contributed by atoms with Crippen LogP contribution in [0.2, 0.25) is 0 Å². The smallest absolute Gasteiger partial charge is 0.123 e. The lowest BCUT2D eigenvalue weighted by molar-refractivity contribution is 0.146. The fraction of sp³-hybridized carbons (Fsp3) is 0.400. The van der Waals surface area contributed by atoms with Crippen LogP contribution in [0.15, 0.2) is 36.5 Å². The predicted octanol–water partition coefficient (Wildman–Crippen LogP) is 1.90. The largest absolute Gasteiger partial charge is 0.391 e. The van der Waals surface area contributed by atoms with Gasteiger partial charge in [-0.25, -0.2) is 4.98 Å². The molecule has 1 aliphatic rings. The van der Waals surface area contributed by atoms with Crippen molar-refractivity contribution in [2.75, 3.05) is 19.6 Å². The molecule has 114 valence electrons. The molecular weight excluding hydrogens is 306 g/mol. The van der Waals surface area contributed by atoms with Gasteiger partial charge in [-0.05, 0) is 0 Å². The second kappa shape index (κ2) is 7.87. The summed E-state index contributed by atoms with van der Waals surface area (Å²) in [7, 11) is 0. The Balaban J connectivity index is 0.00000161. The maximum Gasteiger partial charge on any atom is 0.123 e. The number of hydrogen-bond donors (Lipinski definition) is 3. The van der Waals surface area contributed by atoms with Crippen LogP contribution in [-0.2, 0) is 6.54 Å². The first-order valence-corrected chi connectivity index (χ1v) is 7.74. The molecule has 0 radical (unpaired) electrons. The minimum Gasteiger partial charge on any atom is -0.391 e. The Morgan fingerprint density at radius 1 is 1.29 bits per heavy atom. The fourth-order valence-corrected chi connectivity index (χ4v) is 3.30. The number of nitrogens with one attached hydrogen (secondary N) is 2. The van der Waals surface area contributed by atoms with Crippen molar-refractivity contribution in [1.29, 1.82) is 0 Å². The maximum atomic E-state index is 9.73. The molecule has 0 aliphatic carbocycles. The highest BCUT2D eigenvalue weighted by Gasteiger charge is 2.24. The van der Waals surface area contributed by atoms with Crippen LogP contribution in [0.3, 0.4) is 0 Å². The first-order chi connectivity index (χ1) is 9.83. The minimum absolute atomic E-state index is 0. The summed E-state index contributed by atoms with van der Waals surface area (Å²) >= 11 is 1.72. The zero-order chi connectivity index (χ0) is 13.8. The molecule has 1 saturated heterocycles. The van der Waals surface area contributed by atoms with Crippen LogP contribution in [0.5, 0.6) is 0 Å². The second-order valence-electron chi connectivity index (χ2n) is 5.11. The standard InChI is InChI=1S/C15H19N3OS.ClH/c19-14-10-17-7-12(14)6-16-8-13-9-18-15(20-13)11-4-2-1-3-5-11;/h1-5,9,12,14,16-17,19H,6-8,10H2;1H. The van der Waals surface area contributed by atoms with Crippen molar-refractivity contribution in [3.05, 3.63) is 41.4 Å². The van der Waals surface area contributed by atoms with Gasteiger partial charge in [-0.3, -0.25) is 0 Å². The molecule has 0 amide bonds. The highest BCUT2D eigenvalue weighted by atomic mass is 35.5. The number of thiazole rings is 1. The number of aliphatic hydroxyl groups excluding tert-OH is 1. The third kappa shape index (κ3) is 4.25. The average molecular weight is 326 g/mol. The molecule has 21 heavy (non-hydrogen) atoms. The van der Waals surface area contributed by atoms with Crippen LogP contribution in [-0.4, -0.2) is 35.8 Å². The summed E-state index contributed by atoms with van der Waals surface area (Å²) in [5.41, 5.74) is 1.17. The van der Waals surface area contributed by atoms with E-state index in [1.54, 1.807) is 11.3 Å². The number of aromatic nitrogens is 1. The van der Waals surface area contributed by atoms with Crippen LogP contribution >= 0.6 is 23.7 Å². The molecular formula is C15H20ClN3OS. The van der Waals surface area contributed by atoms with Crippen molar-refractivity contribution >= 4 is 23.7 Å². The van der Waals surface area contributed by atoms with Gasteiger partial charge in [0.2, 0.25) is 0 Å². The third-order valence-electron chi connectivity index (χ3n) is 3.58. The van der Waals surface area contributed by atoms with Gasteiger partial charge in [0, 0.05) is 48.7 Å². The minimum atomic E-state index is -0.219. The molecule has 4 nitrogen and oxygen atoms in total. The number of benzene rings is 1. The molecule has 0 saturated carbocycles. The molecule has 6 heteroatoms. The number of nitrogens with zero attached hydrogens (tertiary/aromatic N) is 1. The van der Waals surface area contributed by atoms with Gasteiger partial charge in [0.1, 0.15) is 5.01 Å². The van der Waals surface area contributed by atoms with Gasteiger partial charge in [-0.2, -0.15) is 0 Å². The van der Waals surface area contributed by atoms with Crippen LogP contribution in [0, 0.1) is 5.92 Å². The van der Waals surface area contributed by atoms with Crippen molar-refractivity contribution < 1.29 is 5.11 Å². The molecule has 1 fully saturated rings.